The molecule has 226 valence electrons. The summed E-state index contributed by atoms with van der Waals surface area (Å²) in [4.78, 5) is 27.5. The first-order valence-electron chi connectivity index (χ1n) is 14.0. The Labute approximate surface area is 259 Å². The van der Waals surface area contributed by atoms with E-state index in [0.29, 0.717) is 43.1 Å². The van der Waals surface area contributed by atoms with Crippen molar-refractivity contribution in [1.82, 2.24) is 8.87 Å². The average Bonchev–Trinajstić information content (AvgIpc) is 3.44. The largest absolute Gasteiger partial charge is 0.379 e. The van der Waals surface area contributed by atoms with Crippen LogP contribution in [-0.4, -0.2) is 61.5 Å². The van der Waals surface area contributed by atoms with E-state index in [-0.39, 0.29) is 16.5 Å². The number of non-ortho nitro benzene ring substituents is 1. The van der Waals surface area contributed by atoms with Crippen molar-refractivity contribution in [3.05, 3.63) is 105 Å². The lowest BCUT2D eigenvalue weighted by Crippen LogP contribution is -2.40. The Morgan fingerprint density at radius 3 is 2.20 bits per heavy atom. The van der Waals surface area contributed by atoms with Gasteiger partial charge in [-0.3, -0.25) is 14.9 Å². The number of sulfonamides is 1. The molecule has 0 saturated carbocycles. The Bertz CT molecular complexity index is 1910. The average molecular weight is 631 g/mol. The molecule has 1 amide bonds. The number of nitro groups is 1. The number of morpholine rings is 1. The second-order valence-electron chi connectivity index (χ2n) is 10.6. The molecule has 10 nitrogen and oxygen atoms in total. The number of aryl methyl sites for hydroxylation is 1. The molecule has 44 heavy (non-hydrogen) atoms. The van der Waals surface area contributed by atoms with Gasteiger partial charge >= 0.3 is 0 Å². The third kappa shape index (κ3) is 5.45. The van der Waals surface area contributed by atoms with Crippen molar-refractivity contribution < 1.29 is 22.9 Å². The number of rotatable bonds is 7. The van der Waals surface area contributed by atoms with Crippen molar-refractivity contribution in [2.24, 2.45) is 0 Å². The third-order valence-electron chi connectivity index (χ3n) is 7.91. The summed E-state index contributed by atoms with van der Waals surface area (Å²) in [6.07, 6.45) is 1.84. The molecular weight excluding hydrogens is 601 g/mol. The zero-order chi connectivity index (χ0) is 31.2. The first-order valence-corrected chi connectivity index (χ1v) is 16.2. The SMILES string of the molecule is Cc1cc(C=C2C(=O)N(C)c3ccc(S(=O)(=O)N4CCOCC4)cc32)c(C)n1-c1ccc(Sc2ccc([N+](=O)[O-])cc2)cc1. The second-order valence-corrected chi connectivity index (χ2v) is 13.7. The number of hydrogen-bond donors (Lipinski definition) is 0. The van der Waals surface area contributed by atoms with Crippen molar-refractivity contribution >= 4 is 50.7 Å². The number of anilines is 1. The van der Waals surface area contributed by atoms with E-state index in [0.717, 1.165) is 32.4 Å². The van der Waals surface area contributed by atoms with E-state index in [9.17, 15) is 23.3 Å². The molecule has 1 saturated heterocycles. The van der Waals surface area contributed by atoms with Gasteiger partial charge in [0.15, 0.2) is 0 Å². The van der Waals surface area contributed by atoms with Gasteiger partial charge in [0.25, 0.3) is 11.6 Å². The minimum Gasteiger partial charge on any atom is -0.379 e. The van der Waals surface area contributed by atoms with Gasteiger partial charge in [-0.1, -0.05) is 11.8 Å². The van der Waals surface area contributed by atoms with Crippen molar-refractivity contribution in [3.63, 3.8) is 0 Å². The molecule has 2 aliphatic heterocycles. The second kappa shape index (κ2) is 11.7. The number of benzene rings is 3. The van der Waals surface area contributed by atoms with Crippen LogP contribution in [0, 0.1) is 24.0 Å². The van der Waals surface area contributed by atoms with E-state index < -0.39 is 14.9 Å². The zero-order valence-corrected chi connectivity index (χ0v) is 26.0. The molecule has 0 spiro atoms. The Morgan fingerprint density at radius 1 is 0.932 bits per heavy atom. The number of hydrogen-bond acceptors (Lipinski definition) is 7. The van der Waals surface area contributed by atoms with Gasteiger partial charge in [0, 0.05) is 70.3 Å². The molecule has 3 heterocycles. The highest BCUT2D eigenvalue weighted by atomic mass is 32.2. The highest BCUT2D eigenvalue weighted by Gasteiger charge is 2.33. The lowest BCUT2D eigenvalue weighted by atomic mass is 10.0. The van der Waals surface area contributed by atoms with Gasteiger partial charge in [0.2, 0.25) is 10.0 Å². The summed E-state index contributed by atoms with van der Waals surface area (Å²) in [7, 11) is -2.04. The quantitative estimate of drug-likeness (QED) is 0.146. The Kier molecular flexibility index (Phi) is 7.93. The summed E-state index contributed by atoms with van der Waals surface area (Å²) in [5.41, 5.74) is 5.48. The van der Waals surface area contributed by atoms with E-state index in [1.54, 1.807) is 42.3 Å². The van der Waals surface area contributed by atoms with Gasteiger partial charge in [-0.15, -0.1) is 0 Å². The standard InChI is InChI=1S/C32H30N4O6S2/c1-21-18-23(22(2)35(21)24-4-8-26(9-5-24)43-27-10-6-25(7-11-27)36(38)39)19-30-29-20-28(12-13-31(29)33(3)32(30)37)44(40,41)34-14-16-42-17-15-34/h4-13,18-20H,14-17H2,1-3H3. The number of aromatic nitrogens is 1. The molecule has 0 unspecified atom stereocenters. The topological polar surface area (TPSA) is 115 Å². The van der Waals surface area contributed by atoms with Gasteiger partial charge in [0.1, 0.15) is 0 Å². The Hall–Kier alpha value is -4.23. The number of ether oxygens (including phenoxy) is 1. The molecule has 4 aromatic rings. The number of nitrogens with zero attached hydrogens (tertiary/aromatic N) is 4. The monoisotopic (exact) mass is 630 g/mol. The number of carbonyl (C=O) groups is 1. The summed E-state index contributed by atoms with van der Waals surface area (Å²) in [6.45, 7) is 5.29. The van der Waals surface area contributed by atoms with Gasteiger partial charge in [-0.05, 0) is 86.2 Å². The van der Waals surface area contributed by atoms with Crippen LogP contribution in [0.25, 0.3) is 17.3 Å². The lowest BCUT2D eigenvalue weighted by Gasteiger charge is -2.26. The molecule has 0 atom stereocenters. The number of nitro benzene ring substituents is 1. The van der Waals surface area contributed by atoms with E-state index in [1.165, 1.54) is 28.2 Å². The van der Waals surface area contributed by atoms with Crippen molar-refractivity contribution in [2.45, 2.75) is 28.5 Å². The maximum absolute atomic E-state index is 13.4. The highest BCUT2D eigenvalue weighted by Crippen LogP contribution is 2.39. The van der Waals surface area contributed by atoms with E-state index in [1.807, 2.05) is 50.3 Å². The third-order valence-corrected chi connectivity index (χ3v) is 10.8. The molecular formula is C32H30N4O6S2. The molecule has 6 rings (SSSR count). The van der Waals surface area contributed by atoms with E-state index in [2.05, 4.69) is 4.57 Å². The smallest absolute Gasteiger partial charge is 0.269 e. The zero-order valence-electron chi connectivity index (χ0n) is 24.4. The number of carbonyl (C=O) groups excluding carboxylic acids is 1. The fraction of sp³-hybridized carbons (Fsp3) is 0.219. The Morgan fingerprint density at radius 2 is 1.57 bits per heavy atom. The summed E-state index contributed by atoms with van der Waals surface area (Å²) in [6, 6.07) is 21.4. The van der Waals surface area contributed by atoms with Gasteiger partial charge in [-0.2, -0.15) is 4.31 Å². The number of likely N-dealkylation sites (N-methyl/N-ethyl adjacent to an activating group) is 1. The predicted octanol–water partition coefficient (Wildman–Crippen LogP) is 5.69. The van der Waals surface area contributed by atoms with E-state index >= 15 is 0 Å². The molecule has 0 radical (unpaired) electrons. The first-order chi connectivity index (χ1) is 21.0. The van der Waals surface area contributed by atoms with Crippen LogP contribution in [0.4, 0.5) is 11.4 Å². The number of amides is 1. The van der Waals surface area contributed by atoms with Crippen LogP contribution in [0.5, 0.6) is 0 Å². The minimum atomic E-state index is -3.73. The van der Waals surface area contributed by atoms with E-state index in [4.69, 9.17) is 4.74 Å². The van der Waals surface area contributed by atoms with Crippen molar-refractivity contribution in [3.8, 4) is 5.69 Å². The van der Waals surface area contributed by atoms with Gasteiger partial charge < -0.3 is 14.2 Å². The van der Waals surface area contributed by atoms with Crippen molar-refractivity contribution in [2.75, 3.05) is 38.3 Å². The summed E-state index contributed by atoms with van der Waals surface area (Å²) in [5, 5.41) is 10.9. The van der Waals surface area contributed by atoms with Gasteiger partial charge in [-0.25, -0.2) is 8.42 Å². The molecule has 0 N–H and O–H groups in total. The van der Waals surface area contributed by atoms with Crippen LogP contribution < -0.4 is 4.90 Å². The number of fused-ring (bicyclic) bond motifs is 1. The maximum atomic E-state index is 13.4. The van der Waals surface area contributed by atoms with Crippen molar-refractivity contribution in [1.29, 1.82) is 0 Å². The normalized spacial score (nSPS) is 16.5. The first kappa shape index (κ1) is 29.8. The van der Waals surface area contributed by atoms with Gasteiger partial charge in [0.05, 0.1) is 28.7 Å². The van der Waals surface area contributed by atoms with Crippen LogP contribution in [0.2, 0.25) is 0 Å². The minimum absolute atomic E-state index is 0.0573. The molecule has 0 bridgehead atoms. The van der Waals surface area contributed by atoms with Crippen LogP contribution in [0.15, 0.2) is 87.5 Å². The molecule has 0 aliphatic carbocycles. The molecule has 12 heteroatoms. The van der Waals surface area contributed by atoms with Crippen LogP contribution in [0.3, 0.4) is 0 Å². The van der Waals surface area contributed by atoms with Crippen LogP contribution in [-0.2, 0) is 19.6 Å². The maximum Gasteiger partial charge on any atom is 0.269 e. The summed E-state index contributed by atoms with van der Waals surface area (Å²) >= 11 is 1.52. The fourth-order valence-electron chi connectivity index (χ4n) is 5.59. The molecule has 1 fully saturated rings. The molecule has 3 aromatic carbocycles. The fourth-order valence-corrected chi connectivity index (χ4v) is 7.84. The predicted molar refractivity (Wildman–Crippen MR) is 170 cm³/mol. The Balaban J connectivity index is 1.29. The summed E-state index contributed by atoms with van der Waals surface area (Å²) < 4.78 is 35.6. The van der Waals surface area contributed by atoms with Crippen LogP contribution >= 0.6 is 11.8 Å². The summed E-state index contributed by atoms with van der Waals surface area (Å²) in [5.74, 6) is -0.196. The molecule has 2 aliphatic rings. The highest BCUT2D eigenvalue weighted by molar-refractivity contribution is 7.99. The lowest BCUT2D eigenvalue weighted by molar-refractivity contribution is -0.384. The molecule has 1 aromatic heterocycles. The van der Waals surface area contributed by atoms with Crippen LogP contribution in [0.1, 0.15) is 22.5 Å².